The van der Waals surface area contributed by atoms with Crippen LogP contribution in [0.2, 0.25) is 0 Å². The van der Waals surface area contributed by atoms with E-state index in [-0.39, 0.29) is 24.5 Å². The average Bonchev–Trinajstić information content (AvgIpc) is 2.46. The number of benzene rings is 1. The third-order valence-electron chi connectivity index (χ3n) is 4.16. The SMILES string of the molecule is Cc1cc2c(cc1C)N(CC(=O)OCCC(C)C)C(=O)C(C)N2. The molecular weight excluding hydrogens is 292 g/mol. The van der Waals surface area contributed by atoms with Crippen LogP contribution in [0.25, 0.3) is 0 Å². The summed E-state index contributed by atoms with van der Waals surface area (Å²) in [7, 11) is 0. The van der Waals surface area contributed by atoms with Gasteiger partial charge in [0.1, 0.15) is 12.6 Å². The van der Waals surface area contributed by atoms with Crippen LogP contribution in [0.3, 0.4) is 0 Å². The summed E-state index contributed by atoms with van der Waals surface area (Å²) in [6, 6.07) is 3.61. The summed E-state index contributed by atoms with van der Waals surface area (Å²) < 4.78 is 5.25. The number of carbonyl (C=O) groups is 2. The topological polar surface area (TPSA) is 58.6 Å². The number of fused-ring (bicyclic) bond motifs is 1. The highest BCUT2D eigenvalue weighted by Crippen LogP contribution is 2.33. The van der Waals surface area contributed by atoms with Gasteiger partial charge >= 0.3 is 5.97 Å². The van der Waals surface area contributed by atoms with Gasteiger partial charge in [0.15, 0.2) is 0 Å². The van der Waals surface area contributed by atoms with E-state index in [0.29, 0.717) is 12.5 Å². The number of rotatable bonds is 5. The molecule has 1 atom stereocenters. The maximum absolute atomic E-state index is 12.5. The minimum absolute atomic E-state index is 0.0432. The van der Waals surface area contributed by atoms with E-state index in [0.717, 1.165) is 28.9 Å². The van der Waals surface area contributed by atoms with Crippen molar-refractivity contribution in [3.05, 3.63) is 23.3 Å². The first-order chi connectivity index (χ1) is 10.8. The summed E-state index contributed by atoms with van der Waals surface area (Å²) in [5, 5.41) is 3.20. The normalized spacial score (nSPS) is 17.0. The smallest absolute Gasteiger partial charge is 0.326 e. The molecule has 1 amide bonds. The molecule has 0 radical (unpaired) electrons. The largest absolute Gasteiger partial charge is 0.464 e. The number of carbonyl (C=O) groups excluding carboxylic acids is 2. The Morgan fingerprint density at radius 3 is 2.61 bits per heavy atom. The van der Waals surface area contributed by atoms with Gasteiger partial charge < -0.3 is 10.1 Å². The average molecular weight is 318 g/mol. The molecule has 0 bridgehead atoms. The van der Waals surface area contributed by atoms with Gasteiger partial charge in [-0.25, -0.2) is 0 Å². The molecule has 1 aromatic rings. The van der Waals surface area contributed by atoms with Crippen LogP contribution in [0, 0.1) is 19.8 Å². The van der Waals surface area contributed by atoms with Gasteiger partial charge in [0, 0.05) is 0 Å². The lowest BCUT2D eigenvalue weighted by Crippen LogP contribution is -2.48. The summed E-state index contributed by atoms with van der Waals surface area (Å²) in [6.07, 6.45) is 0.826. The van der Waals surface area contributed by atoms with E-state index < -0.39 is 0 Å². The molecule has 1 unspecified atom stereocenters. The van der Waals surface area contributed by atoms with Crippen LogP contribution >= 0.6 is 0 Å². The lowest BCUT2D eigenvalue weighted by atomic mass is 10.0. The molecule has 0 fully saturated rings. The quantitative estimate of drug-likeness (QED) is 0.848. The minimum Gasteiger partial charge on any atom is -0.464 e. The molecule has 23 heavy (non-hydrogen) atoms. The highest BCUT2D eigenvalue weighted by molar-refractivity contribution is 6.07. The molecule has 1 aliphatic heterocycles. The third-order valence-corrected chi connectivity index (χ3v) is 4.16. The first-order valence-electron chi connectivity index (χ1n) is 8.14. The van der Waals surface area contributed by atoms with E-state index >= 15 is 0 Å². The molecule has 5 nitrogen and oxygen atoms in total. The van der Waals surface area contributed by atoms with Gasteiger partial charge in [0.05, 0.1) is 18.0 Å². The molecule has 0 saturated carbocycles. The molecule has 0 aromatic heterocycles. The number of hydrogen-bond acceptors (Lipinski definition) is 4. The van der Waals surface area contributed by atoms with E-state index in [1.165, 1.54) is 4.90 Å². The van der Waals surface area contributed by atoms with Crippen molar-refractivity contribution in [2.45, 2.75) is 47.1 Å². The molecule has 1 heterocycles. The maximum Gasteiger partial charge on any atom is 0.326 e. The Hall–Kier alpha value is -2.04. The standard InChI is InChI=1S/C18H26N2O3/c1-11(2)6-7-23-17(21)10-20-16-9-13(4)12(3)8-15(16)19-14(5)18(20)22/h8-9,11,14,19H,6-7,10H2,1-5H3. The lowest BCUT2D eigenvalue weighted by Gasteiger charge is -2.34. The van der Waals surface area contributed by atoms with Gasteiger partial charge in [-0.15, -0.1) is 0 Å². The number of hydrogen-bond donors (Lipinski definition) is 1. The predicted molar refractivity (Wildman–Crippen MR) is 91.8 cm³/mol. The highest BCUT2D eigenvalue weighted by Gasteiger charge is 2.31. The van der Waals surface area contributed by atoms with E-state index in [4.69, 9.17) is 4.74 Å². The first-order valence-corrected chi connectivity index (χ1v) is 8.14. The number of nitrogens with one attached hydrogen (secondary N) is 1. The number of amides is 1. The van der Waals surface area contributed by atoms with E-state index in [2.05, 4.69) is 19.2 Å². The zero-order chi connectivity index (χ0) is 17.1. The zero-order valence-corrected chi connectivity index (χ0v) is 14.6. The molecule has 5 heteroatoms. The van der Waals surface area contributed by atoms with Crippen molar-refractivity contribution in [3.63, 3.8) is 0 Å². The van der Waals surface area contributed by atoms with Crippen LogP contribution in [0.5, 0.6) is 0 Å². The first kappa shape index (κ1) is 17.3. The van der Waals surface area contributed by atoms with Gasteiger partial charge in [-0.3, -0.25) is 14.5 Å². The van der Waals surface area contributed by atoms with Crippen molar-refractivity contribution in [2.75, 3.05) is 23.4 Å². The summed E-state index contributed by atoms with van der Waals surface area (Å²) in [6.45, 7) is 10.3. The Morgan fingerprint density at radius 1 is 1.30 bits per heavy atom. The van der Waals surface area contributed by atoms with Crippen LogP contribution in [-0.4, -0.2) is 31.1 Å². The Balaban J connectivity index is 2.16. The van der Waals surface area contributed by atoms with Crippen molar-refractivity contribution < 1.29 is 14.3 Å². The second kappa shape index (κ2) is 7.02. The molecule has 1 N–H and O–H groups in total. The van der Waals surface area contributed by atoms with Crippen LogP contribution in [0.15, 0.2) is 12.1 Å². The van der Waals surface area contributed by atoms with Gasteiger partial charge in [0.25, 0.3) is 0 Å². The van der Waals surface area contributed by atoms with Crippen molar-refractivity contribution in [3.8, 4) is 0 Å². The fraction of sp³-hybridized carbons (Fsp3) is 0.556. The summed E-state index contributed by atoms with van der Waals surface area (Å²) in [5.41, 5.74) is 3.87. The molecule has 0 spiro atoms. The molecule has 0 aliphatic carbocycles. The van der Waals surface area contributed by atoms with Crippen LogP contribution < -0.4 is 10.2 Å². The second-order valence-electron chi connectivity index (χ2n) is 6.65. The summed E-state index contributed by atoms with van der Waals surface area (Å²) in [4.78, 5) is 26.1. The van der Waals surface area contributed by atoms with E-state index in [9.17, 15) is 9.59 Å². The number of anilines is 2. The molecule has 1 aliphatic rings. The Kier molecular flexibility index (Phi) is 5.29. The van der Waals surface area contributed by atoms with Gasteiger partial charge in [0.2, 0.25) is 5.91 Å². The summed E-state index contributed by atoms with van der Waals surface area (Å²) >= 11 is 0. The fourth-order valence-corrected chi connectivity index (χ4v) is 2.53. The third kappa shape index (κ3) is 4.03. The molecule has 0 saturated heterocycles. The minimum atomic E-state index is -0.364. The Bertz CT molecular complexity index is 611. The zero-order valence-electron chi connectivity index (χ0n) is 14.6. The molecule has 2 rings (SSSR count). The van der Waals surface area contributed by atoms with Crippen molar-refractivity contribution >= 4 is 23.3 Å². The van der Waals surface area contributed by atoms with Gasteiger partial charge in [-0.1, -0.05) is 13.8 Å². The Labute approximate surface area is 138 Å². The summed E-state index contributed by atoms with van der Waals surface area (Å²) in [5.74, 6) is 0.00818. The second-order valence-corrected chi connectivity index (χ2v) is 6.65. The molecule has 1 aromatic carbocycles. The number of aryl methyl sites for hydroxylation is 2. The van der Waals surface area contributed by atoms with Crippen molar-refractivity contribution in [1.29, 1.82) is 0 Å². The van der Waals surface area contributed by atoms with Crippen LogP contribution in [-0.2, 0) is 14.3 Å². The predicted octanol–water partition coefficient (Wildman–Crippen LogP) is 3.04. The number of nitrogens with zero attached hydrogens (tertiary/aromatic N) is 1. The maximum atomic E-state index is 12.5. The fourth-order valence-electron chi connectivity index (χ4n) is 2.53. The highest BCUT2D eigenvalue weighted by atomic mass is 16.5. The van der Waals surface area contributed by atoms with Crippen LogP contribution in [0.4, 0.5) is 11.4 Å². The van der Waals surface area contributed by atoms with Gasteiger partial charge in [-0.05, 0) is 56.4 Å². The molecule has 126 valence electrons. The molecular formula is C18H26N2O3. The van der Waals surface area contributed by atoms with E-state index in [1.54, 1.807) is 6.92 Å². The van der Waals surface area contributed by atoms with Crippen LogP contribution in [0.1, 0.15) is 38.3 Å². The van der Waals surface area contributed by atoms with Gasteiger partial charge in [-0.2, -0.15) is 0 Å². The van der Waals surface area contributed by atoms with E-state index in [1.807, 2.05) is 26.0 Å². The van der Waals surface area contributed by atoms with Crippen molar-refractivity contribution in [2.24, 2.45) is 5.92 Å². The Morgan fingerprint density at radius 2 is 1.96 bits per heavy atom. The number of ether oxygens (including phenoxy) is 1. The monoisotopic (exact) mass is 318 g/mol. The number of esters is 1. The van der Waals surface area contributed by atoms with Crippen molar-refractivity contribution in [1.82, 2.24) is 0 Å². The lowest BCUT2D eigenvalue weighted by molar-refractivity contribution is -0.143.